The van der Waals surface area contributed by atoms with Crippen LogP contribution in [-0.4, -0.2) is 43.1 Å². The van der Waals surface area contributed by atoms with E-state index in [2.05, 4.69) is 15.2 Å². The maximum Gasteiger partial charge on any atom is 0.308 e. The average molecular weight is 375 g/mol. The molecule has 2 unspecified atom stereocenters. The number of carbonyl (C=O) groups is 2. The zero-order valence-electron chi connectivity index (χ0n) is 15.0. The van der Waals surface area contributed by atoms with E-state index in [-0.39, 0.29) is 28.8 Å². The first-order valence-corrected chi connectivity index (χ1v) is 9.39. The van der Waals surface area contributed by atoms with Gasteiger partial charge in [0.25, 0.3) is 0 Å². The maximum atomic E-state index is 12.4. The van der Waals surface area contributed by atoms with E-state index in [1.807, 2.05) is 13.8 Å². The summed E-state index contributed by atoms with van der Waals surface area (Å²) in [5.41, 5.74) is 0.195. The van der Waals surface area contributed by atoms with Crippen molar-refractivity contribution in [2.24, 2.45) is 11.8 Å². The number of rotatable bonds is 9. The molecule has 1 heterocycles. The molecule has 0 aromatic carbocycles. The van der Waals surface area contributed by atoms with Crippen LogP contribution in [0.15, 0.2) is 9.42 Å². The summed E-state index contributed by atoms with van der Waals surface area (Å²) in [6, 6.07) is -1.08. The van der Waals surface area contributed by atoms with Crippen molar-refractivity contribution in [3.63, 3.8) is 0 Å². The van der Waals surface area contributed by atoms with Gasteiger partial charge in [0, 0.05) is 6.54 Å². The number of sulfonamides is 1. The van der Waals surface area contributed by atoms with E-state index in [1.54, 1.807) is 0 Å². The Labute approximate surface area is 147 Å². The molecule has 2 atom stereocenters. The van der Waals surface area contributed by atoms with Crippen LogP contribution in [0.4, 0.5) is 0 Å². The zero-order valence-corrected chi connectivity index (χ0v) is 15.8. The van der Waals surface area contributed by atoms with Crippen LogP contribution in [0.25, 0.3) is 0 Å². The molecule has 1 amide bonds. The Morgan fingerprint density at radius 1 is 1.24 bits per heavy atom. The van der Waals surface area contributed by atoms with Crippen LogP contribution in [0, 0.1) is 25.7 Å². The SMILES string of the molecule is Cc1noc(C)c1S(=O)(=O)NC(C)C(=O)NCC(CC(C)C)C(=O)O. The van der Waals surface area contributed by atoms with E-state index >= 15 is 0 Å². The van der Waals surface area contributed by atoms with Crippen molar-refractivity contribution < 1.29 is 27.6 Å². The van der Waals surface area contributed by atoms with E-state index < -0.39 is 33.9 Å². The van der Waals surface area contributed by atoms with E-state index in [4.69, 9.17) is 9.63 Å². The Bertz CT molecular complexity index is 706. The highest BCUT2D eigenvalue weighted by Gasteiger charge is 2.28. The molecule has 0 spiro atoms. The summed E-state index contributed by atoms with van der Waals surface area (Å²) in [5, 5.41) is 15.2. The summed E-state index contributed by atoms with van der Waals surface area (Å²) >= 11 is 0. The van der Waals surface area contributed by atoms with Crippen molar-refractivity contribution in [3.05, 3.63) is 11.5 Å². The molecule has 0 aliphatic rings. The second-order valence-corrected chi connectivity index (χ2v) is 8.06. The van der Waals surface area contributed by atoms with Gasteiger partial charge in [0.2, 0.25) is 15.9 Å². The van der Waals surface area contributed by atoms with Gasteiger partial charge in [-0.05, 0) is 33.1 Å². The van der Waals surface area contributed by atoms with Crippen LogP contribution in [0.3, 0.4) is 0 Å². The maximum absolute atomic E-state index is 12.4. The standard InChI is InChI=1S/C15H25N3O6S/c1-8(2)6-12(15(20)21)7-16-14(19)10(4)18-25(22,23)13-9(3)17-24-11(13)5/h8,10,12,18H,6-7H2,1-5H3,(H,16,19)(H,20,21). The van der Waals surface area contributed by atoms with Gasteiger partial charge in [0.15, 0.2) is 5.76 Å². The van der Waals surface area contributed by atoms with Crippen LogP contribution < -0.4 is 10.0 Å². The summed E-state index contributed by atoms with van der Waals surface area (Å²) in [4.78, 5) is 23.2. The van der Waals surface area contributed by atoms with E-state index in [0.29, 0.717) is 6.42 Å². The molecule has 142 valence electrons. The third kappa shape index (κ3) is 5.82. The highest BCUT2D eigenvalue weighted by molar-refractivity contribution is 7.89. The molecule has 0 aliphatic carbocycles. The Kier molecular flexibility index (Phi) is 7.12. The molecule has 0 bridgehead atoms. The highest BCUT2D eigenvalue weighted by atomic mass is 32.2. The zero-order chi connectivity index (χ0) is 19.4. The van der Waals surface area contributed by atoms with Crippen molar-refractivity contribution in [3.8, 4) is 0 Å². The fourth-order valence-corrected chi connectivity index (χ4v) is 3.95. The van der Waals surface area contributed by atoms with Crippen molar-refractivity contribution in [2.75, 3.05) is 6.54 Å². The second kappa shape index (κ2) is 8.43. The van der Waals surface area contributed by atoms with Crippen LogP contribution in [-0.2, 0) is 19.6 Å². The lowest BCUT2D eigenvalue weighted by molar-refractivity contribution is -0.142. The smallest absolute Gasteiger partial charge is 0.308 e. The third-order valence-corrected chi connectivity index (χ3v) is 5.37. The number of carbonyl (C=O) groups excluding carboxylic acids is 1. The second-order valence-electron chi connectivity index (χ2n) is 6.41. The van der Waals surface area contributed by atoms with Gasteiger partial charge in [-0.25, -0.2) is 8.42 Å². The topological polar surface area (TPSA) is 139 Å². The first-order valence-electron chi connectivity index (χ1n) is 7.91. The molecule has 1 aromatic heterocycles. The predicted molar refractivity (Wildman–Crippen MR) is 89.4 cm³/mol. The lowest BCUT2D eigenvalue weighted by atomic mass is 9.97. The van der Waals surface area contributed by atoms with Gasteiger partial charge < -0.3 is 14.9 Å². The van der Waals surface area contributed by atoms with Gasteiger partial charge in [-0.3, -0.25) is 9.59 Å². The summed E-state index contributed by atoms with van der Waals surface area (Å²) in [6.07, 6.45) is 0.412. The minimum absolute atomic E-state index is 0.0657. The molecule has 3 N–H and O–H groups in total. The van der Waals surface area contributed by atoms with Crippen LogP contribution in [0.1, 0.15) is 38.6 Å². The van der Waals surface area contributed by atoms with E-state index in [0.717, 1.165) is 0 Å². The molecule has 0 saturated heterocycles. The lowest BCUT2D eigenvalue weighted by Crippen LogP contribution is -2.46. The van der Waals surface area contributed by atoms with Crippen molar-refractivity contribution in [1.82, 2.24) is 15.2 Å². The molecule has 0 saturated carbocycles. The summed E-state index contributed by atoms with van der Waals surface area (Å²) in [6.45, 7) is 8.03. The Morgan fingerprint density at radius 2 is 1.84 bits per heavy atom. The summed E-state index contributed by atoms with van der Waals surface area (Å²) < 4.78 is 31.8. The first-order chi connectivity index (χ1) is 11.5. The van der Waals surface area contributed by atoms with Gasteiger partial charge >= 0.3 is 5.97 Å². The van der Waals surface area contributed by atoms with Gasteiger partial charge in [0.1, 0.15) is 10.6 Å². The van der Waals surface area contributed by atoms with Crippen LogP contribution in [0.5, 0.6) is 0 Å². The first kappa shape index (κ1) is 21.1. The number of aliphatic carboxylic acids is 1. The van der Waals surface area contributed by atoms with Gasteiger partial charge in [-0.1, -0.05) is 19.0 Å². The molecule has 1 rings (SSSR count). The Morgan fingerprint density at radius 3 is 2.28 bits per heavy atom. The number of aromatic nitrogens is 1. The molecule has 9 nitrogen and oxygen atoms in total. The molecule has 1 aromatic rings. The third-order valence-electron chi connectivity index (χ3n) is 3.59. The van der Waals surface area contributed by atoms with E-state index in [1.165, 1.54) is 20.8 Å². The largest absolute Gasteiger partial charge is 0.481 e. The molecule has 0 aliphatic heterocycles. The van der Waals surface area contributed by atoms with Crippen molar-refractivity contribution in [2.45, 2.75) is 52.0 Å². The monoisotopic (exact) mass is 375 g/mol. The molecule has 25 heavy (non-hydrogen) atoms. The summed E-state index contributed by atoms with van der Waals surface area (Å²) in [5.74, 6) is -2.05. The highest BCUT2D eigenvalue weighted by Crippen LogP contribution is 2.19. The Hall–Kier alpha value is -1.94. The van der Waals surface area contributed by atoms with Crippen molar-refractivity contribution >= 4 is 21.9 Å². The minimum Gasteiger partial charge on any atom is -0.481 e. The fourth-order valence-electron chi connectivity index (χ4n) is 2.42. The van der Waals surface area contributed by atoms with Crippen LogP contribution in [0.2, 0.25) is 0 Å². The number of carboxylic acids is 1. The molecular formula is C15H25N3O6S. The number of nitrogens with one attached hydrogen (secondary N) is 2. The number of aryl methyl sites for hydroxylation is 2. The number of carboxylic acid groups (broad SMARTS) is 1. The molecule has 10 heteroatoms. The lowest BCUT2D eigenvalue weighted by Gasteiger charge is -2.18. The average Bonchev–Trinajstić information content (AvgIpc) is 2.81. The molecule has 0 fully saturated rings. The number of hydrogen-bond donors (Lipinski definition) is 3. The van der Waals surface area contributed by atoms with Crippen molar-refractivity contribution in [1.29, 1.82) is 0 Å². The van der Waals surface area contributed by atoms with E-state index in [9.17, 15) is 18.0 Å². The quantitative estimate of drug-likeness (QED) is 0.581. The number of amides is 1. The number of hydrogen-bond acceptors (Lipinski definition) is 6. The minimum atomic E-state index is -3.98. The van der Waals surface area contributed by atoms with Crippen LogP contribution >= 0.6 is 0 Å². The summed E-state index contributed by atoms with van der Waals surface area (Å²) in [7, 11) is -3.98. The molecule has 0 radical (unpaired) electrons. The predicted octanol–water partition coefficient (Wildman–Crippen LogP) is 0.821. The van der Waals surface area contributed by atoms with Gasteiger partial charge in [-0.2, -0.15) is 4.72 Å². The number of nitrogens with zero attached hydrogens (tertiary/aromatic N) is 1. The normalized spacial score (nSPS) is 14.3. The Balaban J connectivity index is 2.72. The fraction of sp³-hybridized carbons (Fsp3) is 0.667. The van der Waals surface area contributed by atoms with Gasteiger partial charge in [-0.15, -0.1) is 0 Å². The van der Waals surface area contributed by atoms with Gasteiger partial charge in [0.05, 0.1) is 12.0 Å². The molecular weight excluding hydrogens is 350 g/mol.